The number of pyridine rings is 1. The van der Waals surface area contributed by atoms with Crippen molar-refractivity contribution in [1.29, 1.82) is 0 Å². The average molecular weight is 737 g/mol. The molecule has 266 valence electrons. The van der Waals surface area contributed by atoms with Crippen molar-refractivity contribution in [2.45, 2.75) is 53.2 Å². The van der Waals surface area contributed by atoms with Gasteiger partial charge in [-0.25, -0.2) is 18.7 Å². The number of methoxy groups -OCH3 is 1. The van der Waals surface area contributed by atoms with Gasteiger partial charge < -0.3 is 19.9 Å². The number of carbonyl (C=O) groups excluding carboxylic acids is 2. The lowest BCUT2D eigenvalue weighted by atomic mass is 9.92. The van der Waals surface area contributed by atoms with Crippen LogP contribution in [0.5, 0.6) is 11.5 Å². The molecule has 5 aromatic rings. The number of urea groups is 1. The Bertz CT molecular complexity index is 2210. The summed E-state index contributed by atoms with van der Waals surface area (Å²) in [6.45, 7) is 9.25. The van der Waals surface area contributed by atoms with Crippen molar-refractivity contribution in [1.82, 2.24) is 19.7 Å². The summed E-state index contributed by atoms with van der Waals surface area (Å²) in [5, 5.41) is 20.3. The molecule has 0 spiro atoms. The number of halogens is 3. The number of phenolic OH excluding ortho intramolecular Hbond substituents is 1. The number of hydrogen-bond acceptors (Lipinski definition) is 7. The highest BCUT2D eigenvalue weighted by Crippen LogP contribution is 2.31. The molecule has 2 heterocycles. The Morgan fingerprint density at radius 3 is 2.41 bits per heavy atom. The lowest BCUT2D eigenvalue weighted by Gasteiger charge is -2.17. The number of ether oxygens (including phenoxy) is 2. The average Bonchev–Trinajstić information content (AvgIpc) is 3.51. The zero-order valence-corrected chi connectivity index (χ0v) is 30.2. The van der Waals surface area contributed by atoms with Crippen molar-refractivity contribution >= 4 is 41.0 Å². The van der Waals surface area contributed by atoms with E-state index >= 15 is 0 Å². The minimum Gasteiger partial charge on any atom is -0.506 e. The van der Waals surface area contributed by atoms with Crippen LogP contribution in [0.4, 0.5) is 15.0 Å². The van der Waals surface area contributed by atoms with E-state index < -0.39 is 23.4 Å². The van der Waals surface area contributed by atoms with Crippen molar-refractivity contribution in [2.24, 2.45) is 0 Å². The summed E-state index contributed by atoms with van der Waals surface area (Å²) in [4.78, 5) is 38.8. The summed E-state index contributed by atoms with van der Waals surface area (Å²) in [5.41, 5.74) is 3.15. The minimum atomic E-state index is -0.597. The van der Waals surface area contributed by atoms with Crippen LogP contribution in [0.25, 0.3) is 11.4 Å². The van der Waals surface area contributed by atoms with E-state index in [1.54, 1.807) is 50.2 Å². The van der Waals surface area contributed by atoms with Crippen molar-refractivity contribution in [3.05, 3.63) is 127 Å². The fraction of sp³-hybridized carbons (Fsp3) is 0.243. The van der Waals surface area contributed by atoms with Gasteiger partial charge in [0.05, 0.1) is 34.8 Å². The first-order valence-corrected chi connectivity index (χ1v) is 16.5. The Morgan fingerprint density at radius 1 is 0.980 bits per heavy atom. The molecule has 0 atom stereocenters. The molecule has 0 aliphatic heterocycles. The number of esters is 1. The van der Waals surface area contributed by atoms with E-state index in [0.29, 0.717) is 39.7 Å². The Balaban J connectivity index is 1.34. The Hall–Kier alpha value is -5.33. The van der Waals surface area contributed by atoms with E-state index in [2.05, 4.69) is 15.7 Å². The smallest absolute Gasteiger partial charge is 0.337 e. The third-order valence-corrected chi connectivity index (χ3v) is 8.72. The molecule has 0 bridgehead atoms. The van der Waals surface area contributed by atoms with Crippen LogP contribution in [0.2, 0.25) is 10.0 Å². The van der Waals surface area contributed by atoms with Gasteiger partial charge in [-0.3, -0.25) is 14.7 Å². The van der Waals surface area contributed by atoms with E-state index in [1.807, 2.05) is 20.8 Å². The fourth-order valence-electron chi connectivity index (χ4n) is 5.24. The van der Waals surface area contributed by atoms with Crippen LogP contribution in [0.15, 0.2) is 71.5 Å². The summed E-state index contributed by atoms with van der Waals surface area (Å²) < 4.78 is 28.1. The summed E-state index contributed by atoms with van der Waals surface area (Å²) in [6.07, 6.45) is 0. The molecule has 51 heavy (non-hydrogen) atoms. The number of benzene rings is 3. The molecule has 3 aromatic carbocycles. The quantitative estimate of drug-likeness (QED) is 0.132. The predicted octanol–water partition coefficient (Wildman–Crippen LogP) is 7.78. The van der Waals surface area contributed by atoms with E-state index in [0.717, 1.165) is 5.56 Å². The number of nitrogens with zero attached hydrogens (tertiary/aromatic N) is 3. The first-order valence-electron chi connectivity index (χ1n) is 15.7. The predicted molar refractivity (Wildman–Crippen MR) is 193 cm³/mol. The van der Waals surface area contributed by atoms with Crippen molar-refractivity contribution in [2.75, 3.05) is 12.4 Å². The molecular formula is C37H36Cl2FN5O6. The fourth-order valence-corrected chi connectivity index (χ4v) is 5.55. The second kappa shape index (κ2) is 14.9. The zero-order chi connectivity index (χ0) is 37.2. The molecule has 0 aliphatic carbocycles. The Labute approximate surface area is 303 Å². The monoisotopic (exact) mass is 735 g/mol. The molecule has 3 N–H and O–H groups in total. The second-order valence-electron chi connectivity index (χ2n) is 12.8. The van der Waals surface area contributed by atoms with Crippen molar-refractivity contribution in [3.63, 3.8) is 0 Å². The highest BCUT2D eigenvalue weighted by Gasteiger charge is 2.23. The Kier molecular flexibility index (Phi) is 10.8. The van der Waals surface area contributed by atoms with Crippen molar-refractivity contribution in [3.8, 4) is 22.9 Å². The van der Waals surface area contributed by atoms with Gasteiger partial charge in [-0.05, 0) is 66.9 Å². The van der Waals surface area contributed by atoms with E-state index in [4.69, 9.17) is 32.7 Å². The van der Waals surface area contributed by atoms with Gasteiger partial charge in [-0.2, -0.15) is 5.10 Å². The third kappa shape index (κ3) is 8.19. The highest BCUT2D eigenvalue weighted by atomic mass is 35.5. The first-order chi connectivity index (χ1) is 24.1. The topological polar surface area (TPSA) is 137 Å². The van der Waals surface area contributed by atoms with Gasteiger partial charge in [-0.15, -0.1) is 0 Å². The molecule has 5 rings (SSSR count). The number of carbonyl (C=O) groups is 2. The van der Waals surface area contributed by atoms with Crippen LogP contribution in [-0.4, -0.2) is 38.6 Å². The number of nitrogens with one attached hydrogen (secondary N) is 2. The number of rotatable bonds is 9. The number of aryl methyl sites for hydroxylation is 2. The van der Waals surface area contributed by atoms with E-state index in [-0.39, 0.29) is 45.7 Å². The number of phenols is 1. The SMILES string of the molecule is COC(=O)c1ccc(C)c(-n2c(C)cc(OCc3ccc(F)cc3CNC(=O)Nc3cc(C(C)(C)C)nn3-c3ccc(Cl)c(O)c3)c(Cl)c2=O)c1. The number of aromatic hydroxyl groups is 1. The van der Waals surface area contributed by atoms with Gasteiger partial charge >= 0.3 is 12.0 Å². The van der Waals surface area contributed by atoms with E-state index in [9.17, 15) is 23.9 Å². The normalized spacial score (nSPS) is 11.3. The molecule has 0 fully saturated rings. The van der Waals surface area contributed by atoms with Crippen LogP contribution < -0.4 is 20.9 Å². The van der Waals surface area contributed by atoms with Crippen LogP contribution in [0.3, 0.4) is 0 Å². The molecule has 2 amide bonds. The summed E-state index contributed by atoms with van der Waals surface area (Å²) >= 11 is 12.5. The van der Waals surface area contributed by atoms with Gasteiger partial charge in [0.15, 0.2) is 0 Å². The van der Waals surface area contributed by atoms with Gasteiger partial charge in [0, 0.05) is 35.9 Å². The van der Waals surface area contributed by atoms with E-state index in [1.165, 1.54) is 46.7 Å². The summed E-state index contributed by atoms with van der Waals surface area (Å²) in [5.74, 6) is -0.775. The molecule has 14 heteroatoms. The Morgan fingerprint density at radius 2 is 1.73 bits per heavy atom. The second-order valence-corrected chi connectivity index (χ2v) is 13.6. The van der Waals surface area contributed by atoms with Crippen LogP contribution >= 0.6 is 23.2 Å². The van der Waals surface area contributed by atoms with Crippen LogP contribution in [0, 0.1) is 19.7 Å². The molecule has 0 radical (unpaired) electrons. The minimum absolute atomic E-state index is 0.0749. The standard InChI is InChI=1S/C37H36Cl2FN5O6/c1-20-7-8-22(35(48)50-6)15-28(20)44-21(2)13-30(33(39)34(44)47)51-19-23-9-10-25(40)14-24(23)18-41-36(49)42-32-17-31(37(3,4)5)43-45(32)26-11-12-27(38)29(46)16-26/h7-17,46H,18-19H2,1-6H3,(H2,41,42,49). The lowest BCUT2D eigenvalue weighted by molar-refractivity contribution is 0.0600. The maximum Gasteiger partial charge on any atom is 0.337 e. The maximum absolute atomic E-state index is 14.4. The molecule has 0 saturated heterocycles. The summed E-state index contributed by atoms with van der Waals surface area (Å²) in [6, 6.07) is 16.3. The molecule has 2 aromatic heterocycles. The van der Waals surface area contributed by atoms with Gasteiger partial charge in [0.2, 0.25) is 0 Å². The number of hydrogen-bond donors (Lipinski definition) is 3. The van der Waals surface area contributed by atoms with Gasteiger partial charge in [0.1, 0.15) is 34.8 Å². The van der Waals surface area contributed by atoms with Crippen LogP contribution in [-0.2, 0) is 23.3 Å². The number of aromatic nitrogens is 3. The highest BCUT2D eigenvalue weighted by molar-refractivity contribution is 6.32. The number of amides is 2. The van der Waals surface area contributed by atoms with Gasteiger partial charge in [0.25, 0.3) is 5.56 Å². The number of anilines is 1. The maximum atomic E-state index is 14.4. The molecule has 0 saturated carbocycles. The van der Waals surface area contributed by atoms with Crippen molar-refractivity contribution < 1.29 is 28.6 Å². The third-order valence-electron chi connectivity index (χ3n) is 8.06. The lowest BCUT2D eigenvalue weighted by Crippen LogP contribution is -2.29. The molecule has 0 unspecified atom stereocenters. The molecule has 11 nitrogen and oxygen atoms in total. The largest absolute Gasteiger partial charge is 0.506 e. The van der Waals surface area contributed by atoms with Crippen LogP contribution in [0.1, 0.15) is 59.2 Å². The van der Waals surface area contributed by atoms with Gasteiger partial charge in [-0.1, -0.05) is 56.1 Å². The summed E-state index contributed by atoms with van der Waals surface area (Å²) in [7, 11) is 1.27. The zero-order valence-electron chi connectivity index (χ0n) is 28.7. The molecule has 0 aliphatic rings. The first kappa shape index (κ1) is 36.9. The molecular weight excluding hydrogens is 700 g/mol.